The van der Waals surface area contributed by atoms with Crippen molar-refractivity contribution in [1.29, 1.82) is 5.26 Å². The number of nitrogens with zero attached hydrogens (tertiary/aromatic N) is 3. The van der Waals surface area contributed by atoms with Crippen molar-refractivity contribution in [3.05, 3.63) is 22.8 Å². The molecule has 19 heavy (non-hydrogen) atoms. The Hall–Kier alpha value is -1.80. The average Bonchev–Trinajstić information content (AvgIpc) is 2.39. The van der Waals surface area contributed by atoms with Gasteiger partial charge in [-0.05, 0) is 30.9 Å². The van der Waals surface area contributed by atoms with Gasteiger partial charge in [0.1, 0.15) is 11.9 Å². The lowest BCUT2D eigenvalue weighted by molar-refractivity contribution is -0.118. The first kappa shape index (κ1) is 13.6. The first-order chi connectivity index (χ1) is 9.10. The Kier molecular flexibility index (Phi) is 4.23. The molecule has 0 radical (unpaired) electrons. The van der Waals surface area contributed by atoms with Gasteiger partial charge in [0.25, 0.3) is 0 Å². The highest BCUT2D eigenvalue weighted by Crippen LogP contribution is 2.25. The molecule has 2 rings (SSSR count). The van der Waals surface area contributed by atoms with E-state index in [0.29, 0.717) is 11.4 Å². The monoisotopic (exact) mass is 278 g/mol. The van der Waals surface area contributed by atoms with Crippen molar-refractivity contribution >= 4 is 23.3 Å². The molecule has 1 aliphatic rings. The van der Waals surface area contributed by atoms with Gasteiger partial charge in [-0.25, -0.2) is 4.98 Å². The summed E-state index contributed by atoms with van der Waals surface area (Å²) in [6.07, 6.45) is 2.39. The number of piperidine rings is 1. The molecule has 1 fully saturated rings. The van der Waals surface area contributed by atoms with Crippen LogP contribution in [0.15, 0.2) is 12.1 Å². The summed E-state index contributed by atoms with van der Waals surface area (Å²) in [7, 11) is 0. The molecule has 0 aliphatic carbocycles. The predicted molar refractivity (Wildman–Crippen MR) is 72.7 cm³/mol. The van der Waals surface area contributed by atoms with Crippen LogP contribution >= 0.6 is 11.6 Å². The van der Waals surface area contributed by atoms with Crippen LogP contribution in [0.3, 0.4) is 0 Å². The van der Waals surface area contributed by atoms with Crippen LogP contribution in [0.1, 0.15) is 25.0 Å². The zero-order chi connectivity index (χ0) is 13.8. The molecule has 0 aromatic carbocycles. The fraction of sp³-hybridized carbons (Fsp3) is 0.462. The molecule has 1 atom stereocenters. The van der Waals surface area contributed by atoms with E-state index < -0.39 is 0 Å². The molecule has 1 unspecified atom stereocenters. The molecule has 1 aliphatic heterocycles. The van der Waals surface area contributed by atoms with E-state index in [0.717, 1.165) is 31.7 Å². The predicted octanol–water partition coefficient (Wildman–Crippen LogP) is 1.70. The molecule has 1 amide bonds. The summed E-state index contributed by atoms with van der Waals surface area (Å²) < 4.78 is 0. The second-order valence-corrected chi connectivity index (χ2v) is 5.14. The molecule has 1 saturated heterocycles. The molecule has 0 bridgehead atoms. The van der Waals surface area contributed by atoms with E-state index in [9.17, 15) is 4.79 Å². The highest BCUT2D eigenvalue weighted by molar-refractivity contribution is 6.31. The van der Waals surface area contributed by atoms with Crippen LogP contribution in [-0.2, 0) is 4.79 Å². The van der Waals surface area contributed by atoms with Gasteiger partial charge in [-0.15, -0.1) is 0 Å². The third-order valence-corrected chi connectivity index (χ3v) is 3.58. The molecule has 5 nitrogen and oxygen atoms in total. The lowest BCUT2D eigenvalue weighted by Crippen LogP contribution is -2.37. The van der Waals surface area contributed by atoms with E-state index in [1.165, 1.54) is 0 Å². The number of carbonyl (C=O) groups is 1. The number of nitriles is 1. The van der Waals surface area contributed by atoms with E-state index in [2.05, 4.69) is 9.88 Å². The lowest BCUT2D eigenvalue weighted by atomic mass is 9.94. The van der Waals surface area contributed by atoms with Gasteiger partial charge < -0.3 is 10.6 Å². The Bertz CT molecular complexity index is 526. The number of hydrogen-bond acceptors (Lipinski definition) is 4. The Balaban J connectivity index is 2.13. The number of primary amides is 1. The van der Waals surface area contributed by atoms with E-state index in [1.54, 1.807) is 12.1 Å². The van der Waals surface area contributed by atoms with Gasteiger partial charge in [0.05, 0.1) is 5.02 Å². The van der Waals surface area contributed by atoms with Crippen molar-refractivity contribution < 1.29 is 4.79 Å². The largest absolute Gasteiger partial charge is 0.370 e. The van der Waals surface area contributed by atoms with Crippen molar-refractivity contribution in [3.8, 4) is 6.07 Å². The smallest absolute Gasteiger partial charge is 0.217 e. The van der Waals surface area contributed by atoms with E-state index in [4.69, 9.17) is 22.6 Å². The van der Waals surface area contributed by atoms with Gasteiger partial charge in [-0.1, -0.05) is 11.6 Å². The van der Waals surface area contributed by atoms with Gasteiger partial charge in [-0.2, -0.15) is 5.26 Å². The number of amides is 1. The van der Waals surface area contributed by atoms with Gasteiger partial charge >= 0.3 is 0 Å². The van der Waals surface area contributed by atoms with Crippen molar-refractivity contribution in [1.82, 2.24) is 4.98 Å². The second kappa shape index (κ2) is 5.89. The molecule has 6 heteroatoms. The molecule has 2 N–H and O–H groups in total. The van der Waals surface area contributed by atoms with Crippen molar-refractivity contribution in [2.24, 2.45) is 11.7 Å². The Morgan fingerprint density at radius 2 is 2.42 bits per heavy atom. The van der Waals surface area contributed by atoms with Gasteiger partial charge in [-0.3, -0.25) is 4.79 Å². The van der Waals surface area contributed by atoms with Crippen LogP contribution in [-0.4, -0.2) is 24.0 Å². The fourth-order valence-electron chi connectivity index (χ4n) is 2.41. The molecule has 1 aromatic rings. The highest BCUT2D eigenvalue weighted by Gasteiger charge is 2.22. The maximum absolute atomic E-state index is 11.0. The Morgan fingerprint density at radius 3 is 3.11 bits per heavy atom. The van der Waals surface area contributed by atoms with Crippen LogP contribution in [0.5, 0.6) is 0 Å². The highest BCUT2D eigenvalue weighted by atomic mass is 35.5. The fourth-order valence-corrected chi connectivity index (χ4v) is 2.56. The number of nitrogens with two attached hydrogens (primary N) is 1. The summed E-state index contributed by atoms with van der Waals surface area (Å²) in [5.41, 5.74) is 5.47. The minimum Gasteiger partial charge on any atom is -0.370 e. The zero-order valence-electron chi connectivity index (χ0n) is 10.5. The van der Waals surface area contributed by atoms with E-state index in [1.807, 2.05) is 6.07 Å². The van der Waals surface area contributed by atoms with Gasteiger partial charge in [0, 0.05) is 19.5 Å². The summed E-state index contributed by atoms with van der Waals surface area (Å²) in [6, 6.07) is 5.46. The van der Waals surface area contributed by atoms with Crippen LogP contribution in [0.4, 0.5) is 5.82 Å². The molecular weight excluding hydrogens is 264 g/mol. The number of halogens is 1. The summed E-state index contributed by atoms with van der Waals surface area (Å²) in [5, 5.41) is 9.29. The Labute approximate surface area is 117 Å². The molecule has 100 valence electrons. The van der Waals surface area contributed by atoms with Crippen molar-refractivity contribution in [3.63, 3.8) is 0 Å². The van der Waals surface area contributed by atoms with Crippen molar-refractivity contribution in [2.75, 3.05) is 18.0 Å². The van der Waals surface area contributed by atoms with Crippen LogP contribution in [0.2, 0.25) is 5.02 Å². The normalized spacial score (nSPS) is 18.9. The van der Waals surface area contributed by atoms with E-state index >= 15 is 0 Å². The quantitative estimate of drug-likeness (QED) is 0.912. The zero-order valence-corrected chi connectivity index (χ0v) is 11.2. The minimum atomic E-state index is -0.270. The molecular formula is C13H15ClN4O. The first-order valence-corrected chi connectivity index (χ1v) is 6.58. The number of anilines is 1. The molecule has 2 heterocycles. The standard InChI is InChI=1S/C13H15ClN4O/c14-10-3-4-13(17-11(10)7-15)18-5-1-2-9(8-18)6-12(16)19/h3-4,9H,1-2,5-6,8H2,(H2,16,19). The van der Waals surface area contributed by atoms with Crippen LogP contribution in [0, 0.1) is 17.2 Å². The van der Waals surface area contributed by atoms with Gasteiger partial charge in [0.2, 0.25) is 5.91 Å². The number of pyridine rings is 1. The maximum Gasteiger partial charge on any atom is 0.217 e. The summed E-state index contributed by atoms with van der Waals surface area (Å²) >= 11 is 5.87. The van der Waals surface area contributed by atoms with Gasteiger partial charge in [0.15, 0.2) is 5.69 Å². The number of carbonyl (C=O) groups excluding carboxylic acids is 1. The Morgan fingerprint density at radius 1 is 1.63 bits per heavy atom. The van der Waals surface area contributed by atoms with Crippen molar-refractivity contribution in [2.45, 2.75) is 19.3 Å². The third kappa shape index (κ3) is 3.36. The number of aromatic nitrogens is 1. The number of hydrogen-bond donors (Lipinski definition) is 1. The topological polar surface area (TPSA) is 83.0 Å². The first-order valence-electron chi connectivity index (χ1n) is 6.20. The summed E-state index contributed by atoms with van der Waals surface area (Å²) in [5.74, 6) is 0.720. The average molecular weight is 279 g/mol. The minimum absolute atomic E-state index is 0.233. The third-order valence-electron chi connectivity index (χ3n) is 3.27. The molecule has 0 saturated carbocycles. The van der Waals surface area contributed by atoms with Crippen LogP contribution < -0.4 is 10.6 Å². The van der Waals surface area contributed by atoms with E-state index in [-0.39, 0.29) is 17.5 Å². The van der Waals surface area contributed by atoms with Crippen LogP contribution in [0.25, 0.3) is 0 Å². The lowest BCUT2D eigenvalue weighted by Gasteiger charge is -2.33. The maximum atomic E-state index is 11.0. The summed E-state index contributed by atoms with van der Waals surface area (Å²) in [4.78, 5) is 17.3. The molecule has 1 aromatic heterocycles. The SMILES string of the molecule is N#Cc1nc(N2CCCC(CC(N)=O)C2)ccc1Cl. The molecule has 0 spiro atoms. The summed E-state index contributed by atoms with van der Waals surface area (Å²) in [6.45, 7) is 1.61. The second-order valence-electron chi connectivity index (χ2n) is 4.74. The number of rotatable bonds is 3.